The van der Waals surface area contributed by atoms with Crippen LogP contribution in [0.1, 0.15) is 57.3 Å². The number of aromatic nitrogens is 2. The number of hydrogen-bond acceptors (Lipinski definition) is 6. The molecule has 0 unspecified atom stereocenters. The summed E-state index contributed by atoms with van der Waals surface area (Å²) in [6.45, 7) is 6.51. The van der Waals surface area contributed by atoms with Gasteiger partial charge in [0, 0.05) is 32.0 Å². The van der Waals surface area contributed by atoms with Gasteiger partial charge in [0.15, 0.2) is 5.82 Å². The number of aliphatic hydroxyl groups excluding tert-OH is 1. The van der Waals surface area contributed by atoms with Crippen LogP contribution in [0.3, 0.4) is 0 Å². The molecule has 138 valence electrons. The lowest BCUT2D eigenvalue weighted by molar-refractivity contribution is -0.137. The summed E-state index contributed by atoms with van der Waals surface area (Å²) < 4.78 is 5.21. The minimum absolute atomic E-state index is 0.0317. The summed E-state index contributed by atoms with van der Waals surface area (Å²) >= 11 is 0. The summed E-state index contributed by atoms with van der Waals surface area (Å²) in [5.41, 5.74) is 0. The number of carbonyl (C=O) groups is 2. The lowest BCUT2D eigenvalue weighted by Crippen LogP contribution is -2.39. The third-order valence-electron chi connectivity index (χ3n) is 5.14. The first-order chi connectivity index (χ1) is 11.9. The SMILES string of the molecule is CCC[C@@H](C)N1C[C@H](C(=O)N2C[C@H](O)C[C@@H]2c2nc(C)no2)CC1=O. The molecular weight excluding hydrogens is 324 g/mol. The van der Waals surface area contributed by atoms with E-state index in [4.69, 9.17) is 4.52 Å². The summed E-state index contributed by atoms with van der Waals surface area (Å²) in [6.07, 6.45) is 1.92. The lowest BCUT2D eigenvalue weighted by atomic mass is 10.1. The largest absolute Gasteiger partial charge is 0.391 e. The maximum absolute atomic E-state index is 13.0. The van der Waals surface area contributed by atoms with Gasteiger partial charge in [0.2, 0.25) is 17.7 Å². The Hall–Kier alpha value is -1.96. The fraction of sp³-hybridized carbons (Fsp3) is 0.765. The summed E-state index contributed by atoms with van der Waals surface area (Å²) in [4.78, 5) is 32.9. The molecule has 4 atom stereocenters. The number of amides is 2. The maximum atomic E-state index is 13.0. The van der Waals surface area contributed by atoms with Crippen LogP contribution in [0.2, 0.25) is 0 Å². The topological polar surface area (TPSA) is 99.8 Å². The van der Waals surface area contributed by atoms with Crippen molar-refractivity contribution in [1.82, 2.24) is 19.9 Å². The Labute approximate surface area is 147 Å². The van der Waals surface area contributed by atoms with Crippen LogP contribution < -0.4 is 0 Å². The first-order valence-electron chi connectivity index (χ1n) is 8.98. The number of nitrogens with zero attached hydrogens (tertiary/aromatic N) is 4. The highest BCUT2D eigenvalue weighted by molar-refractivity contribution is 5.89. The third-order valence-corrected chi connectivity index (χ3v) is 5.14. The van der Waals surface area contributed by atoms with E-state index in [1.54, 1.807) is 11.8 Å². The monoisotopic (exact) mass is 350 g/mol. The highest BCUT2D eigenvalue weighted by atomic mass is 16.5. The van der Waals surface area contributed by atoms with Gasteiger partial charge in [-0.2, -0.15) is 4.98 Å². The standard InChI is InChI=1S/C17H26N4O4/c1-4-5-10(2)20-8-12(6-15(20)23)17(24)21-9-13(22)7-14(21)16-18-11(3)19-25-16/h10,12-14,22H,4-9H2,1-3H3/t10-,12-,13-,14-/m1/s1. The first kappa shape index (κ1) is 17.8. The van der Waals surface area contributed by atoms with Gasteiger partial charge in [0.1, 0.15) is 6.04 Å². The molecule has 3 heterocycles. The van der Waals surface area contributed by atoms with E-state index in [-0.39, 0.29) is 36.7 Å². The molecule has 0 spiro atoms. The lowest BCUT2D eigenvalue weighted by Gasteiger charge is -2.26. The molecule has 8 nitrogen and oxygen atoms in total. The van der Waals surface area contributed by atoms with Gasteiger partial charge < -0.3 is 19.4 Å². The minimum Gasteiger partial charge on any atom is -0.391 e. The van der Waals surface area contributed by atoms with Crippen LogP contribution in [0.25, 0.3) is 0 Å². The number of aryl methyl sites for hydroxylation is 1. The van der Waals surface area contributed by atoms with E-state index in [1.807, 2.05) is 11.8 Å². The maximum Gasteiger partial charge on any atom is 0.249 e. The summed E-state index contributed by atoms with van der Waals surface area (Å²) in [7, 11) is 0. The molecule has 2 aliphatic rings. The van der Waals surface area contributed by atoms with Crippen molar-refractivity contribution < 1.29 is 19.2 Å². The predicted octanol–water partition coefficient (Wildman–Crippen LogP) is 1.05. The zero-order valence-electron chi connectivity index (χ0n) is 15.0. The number of β-amino-alcohol motifs (C(OH)–C–C–N with tert-alkyl or cyclic N) is 1. The number of rotatable bonds is 5. The number of aliphatic hydroxyl groups is 1. The van der Waals surface area contributed by atoms with Crippen LogP contribution >= 0.6 is 0 Å². The van der Waals surface area contributed by atoms with Gasteiger partial charge in [0.25, 0.3) is 0 Å². The van der Waals surface area contributed by atoms with Crippen LogP contribution in [0, 0.1) is 12.8 Å². The average molecular weight is 350 g/mol. The molecule has 0 radical (unpaired) electrons. The van der Waals surface area contributed by atoms with Crippen molar-refractivity contribution in [3.05, 3.63) is 11.7 Å². The molecule has 2 amide bonds. The fourth-order valence-corrected chi connectivity index (χ4v) is 3.87. The second kappa shape index (κ2) is 7.11. The molecule has 0 bridgehead atoms. The van der Waals surface area contributed by atoms with E-state index in [0.717, 1.165) is 12.8 Å². The van der Waals surface area contributed by atoms with E-state index < -0.39 is 12.1 Å². The fourth-order valence-electron chi connectivity index (χ4n) is 3.87. The van der Waals surface area contributed by atoms with E-state index in [0.29, 0.717) is 24.7 Å². The van der Waals surface area contributed by atoms with Crippen molar-refractivity contribution in [2.24, 2.45) is 5.92 Å². The molecule has 0 aliphatic carbocycles. The van der Waals surface area contributed by atoms with Crippen LogP contribution in [0.4, 0.5) is 0 Å². The molecule has 3 rings (SSSR count). The summed E-state index contributed by atoms with van der Waals surface area (Å²) in [6, 6.07) is -0.269. The van der Waals surface area contributed by atoms with Gasteiger partial charge in [-0.3, -0.25) is 9.59 Å². The second-order valence-electron chi connectivity index (χ2n) is 7.16. The number of likely N-dealkylation sites (tertiary alicyclic amines) is 2. The van der Waals surface area contributed by atoms with Gasteiger partial charge in [-0.05, 0) is 20.3 Å². The minimum atomic E-state index is -0.617. The molecule has 2 fully saturated rings. The van der Waals surface area contributed by atoms with Crippen molar-refractivity contribution >= 4 is 11.8 Å². The Balaban J connectivity index is 1.72. The quantitative estimate of drug-likeness (QED) is 0.852. The van der Waals surface area contributed by atoms with Gasteiger partial charge in [-0.1, -0.05) is 18.5 Å². The smallest absolute Gasteiger partial charge is 0.249 e. The average Bonchev–Trinajstić information content (AvgIpc) is 3.25. The van der Waals surface area contributed by atoms with Crippen LogP contribution in [0.5, 0.6) is 0 Å². The normalized spacial score (nSPS) is 28.0. The number of hydrogen-bond donors (Lipinski definition) is 1. The van der Waals surface area contributed by atoms with Gasteiger partial charge in [0.05, 0.1) is 12.0 Å². The van der Waals surface area contributed by atoms with Crippen LogP contribution in [-0.4, -0.2) is 62.1 Å². The molecule has 2 aliphatic heterocycles. The van der Waals surface area contributed by atoms with Gasteiger partial charge in [-0.25, -0.2) is 0 Å². The first-order valence-corrected chi connectivity index (χ1v) is 8.98. The molecule has 1 aromatic rings. The Kier molecular flexibility index (Phi) is 5.08. The van der Waals surface area contributed by atoms with E-state index in [9.17, 15) is 14.7 Å². The second-order valence-corrected chi connectivity index (χ2v) is 7.16. The van der Waals surface area contributed by atoms with Crippen molar-refractivity contribution in [2.75, 3.05) is 13.1 Å². The predicted molar refractivity (Wildman–Crippen MR) is 88.3 cm³/mol. The Morgan fingerprint density at radius 3 is 2.84 bits per heavy atom. The molecule has 0 aromatic carbocycles. The van der Waals surface area contributed by atoms with Crippen LogP contribution in [0.15, 0.2) is 4.52 Å². The summed E-state index contributed by atoms with van der Waals surface area (Å²) in [5, 5.41) is 13.8. The van der Waals surface area contributed by atoms with Crippen molar-refractivity contribution in [3.63, 3.8) is 0 Å². The highest BCUT2D eigenvalue weighted by Gasteiger charge is 2.44. The number of carbonyl (C=O) groups excluding carboxylic acids is 2. The zero-order chi connectivity index (χ0) is 18.1. The molecule has 0 saturated carbocycles. The van der Waals surface area contributed by atoms with Gasteiger partial charge >= 0.3 is 0 Å². The Bertz CT molecular complexity index is 646. The Morgan fingerprint density at radius 1 is 1.44 bits per heavy atom. The zero-order valence-corrected chi connectivity index (χ0v) is 15.0. The van der Waals surface area contributed by atoms with E-state index >= 15 is 0 Å². The van der Waals surface area contributed by atoms with Crippen molar-refractivity contribution in [3.8, 4) is 0 Å². The van der Waals surface area contributed by atoms with E-state index in [1.165, 1.54) is 0 Å². The molecule has 2 saturated heterocycles. The molecular formula is C17H26N4O4. The highest BCUT2D eigenvalue weighted by Crippen LogP contribution is 2.34. The van der Waals surface area contributed by atoms with Crippen molar-refractivity contribution in [1.29, 1.82) is 0 Å². The summed E-state index contributed by atoms with van der Waals surface area (Å²) in [5.74, 6) is 0.395. The van der Waals surface area contributed by atoms with Crippen LogP contribution in [-0.2, 0) is 9.59 Å². The third kappa shape index (κ3) is 3.53. The molecule has 8 heteroatoms. The molecule has 1 aromatic heterocycles. The van der Waals surface area contributed by atoms with Gasteiger partial charge in [-0.15, -0.1) is 0 Å². The van der Waals surface area contributed by atoms with Crippen molar-refractivity contribution in [2.45, 2.75) is 64.6 Å². The van der Waals surface area contributed by atoms with E-state index in [2.05, 4.69) is 17.1 Å². The molecule has 25 heavy (non-hydrogen) atoms. The molecule has 1 N–H and O–H groups in total. The Morgan fingerprint density at radius 2 is 2.20 bits per heavy atom.